The Hall–Kier alpha value is -5.12. The molecule has 6 aromatic carbocycles. The number of allylic oxidation sites excluding steroid dienone is 2. The van der Waals surface area contributed by atoms with Crippen LogP contribution < -0.4 is 0 Å². The lowest BCUT2D eigenvalue weighted by molar-refractivity contribution is 0.932. The van der Waals surface area contributed by atoms with E-state index in [2.05, 4.69) is 151 Å². The molecule has 0 spiro atoms. The largest absolute Gasteiger partial charge is 0.271 e. The van der Waals surface area contributed by atoms with Crippen molar-refractivity contribution < 1.29 is 0 Å². The first kappa shape index (κ1) is 24.7. The second-order valence-electron chi connectivity index (χ2n) is 10.5. The van der Waals surface area contributed by atoms with Gasteiger partial charge in [0.25, 0.3) is 0 Å². The number of benzene rings is 6. The van der Waals surface area contributed by atoms with Crippen molar-refractivity contribution >= 4 is 50.6 Å². The minimum Gasteiger partial charge on any atom is -0.271 e. The van der Waals surface area contributed by atoms with Crippen LogP contribution in [0, 0.1) is 0 Å². The SMILES string of the molecule is C=C1N=C2C=CC(c3ccc4c(-c5ccccc5)c5ccccc5c(-c5ccccc5)c4c3)=CN2Sc2ccccc21. The lowest BCUT2D eigenvalue weighted by atomic mass is 9.85. The molecule has 42 heavy (non-hydrogen) atoms. The second-order valence-corrected chi connectivity index (χ2v) is 11.6. The Balaban J connectivity index is 1.36. The molecule has 0 N–H and O–H groups in total. The summed E-state index contributed by atoms with van der Waals surface area (Å²) in [7, 11) is 0. The van der Waals surface area contributed by atoms with E-state index in [1.54, 1.807) is 11.9 Å². The van der Waals surface area contributed by atoms with E-state index < -0.39 is 0 Å². The molecule has 0 bridgehead atoms. The summed E-state index contributed by atoms with van der Waals surface area (Å²) in [6, 6.07) is 45.6. The molecule has 2 heterocycles. The molecule has 0 amide bonds. The molecule has 0 radical (unpaired) electrons. The van der Waals surface area contributed by atoms with Crippen LogP contribution in [0.2, 0.25) is 0 Å². The fourth-order valence-electron chi connectivity index (χ4n) is 6.08. The third-order valence-corrected chi connectivity index (χ3v) is 9.06. The van der Waals surface area contributed by atoms with Gasteiger partial charge in [0.2, 0.25) is 0 Å². The van der Waals surface area contributed by atoms with E-state index >= 15 is 0 Å². The lowest BCUT2D eigenvalue weighted by Gasteiger charge is -2.23. The van der Waals surface area contributed by atoms with Crippen molar-refractivity contribution in [3.8, 4) is 22.3 Å². The predicted octanol–water partition coefficient (Wildman–Crippen LogP) is 10.6. The maximum atomic E-state index is 4.85. The number of amidine groups is 1. The van der Waals surface area contributed by atoms with Crippen LogP contribution in [0.3, 0.4) is 0 Å². The minimum atomic E-state index is 0.788. The van der Waals surface area contributed by atoms with Crippen molar-refractivity contribution in [1.29, 1.82) is 0 Å². The molecule has 8 rings (SSSR count). The van der Waals surface area contributed by atoms with Gasteiger partial charge < -0.3 is 0 Å². The molecule has 3 heteroatoms. The van der Waals surface area contributed by atoms with Crippen LogP contribution in [0.25, 0.3) is 55.1 Å². The quantitative estimate of drug-likeness (QED) is 0.160. The van der Waals surface area contributed by atoms with Gasteiger partial charge in [0.1, 0.15) is 5.84 Å². The smallest absolute Gasteiger partial charge is 0.143 e. The van der Waals surface area contributed by atoms with E-state index in [0.717, 1.165) is 27.6 Å². The van der Waals surface area contributed by atoms with Gasteiger partial charge >= 0.3 is 0 Å². The van der Waals surface area contributed by atoms with Gasteiger partial charge in [-0.1, -0.05) is 122 Å². The van der Waals surface area contributed by atoms with Crippen molar-refractivity contribution in [3.05, 3.63) is 163 Å². The molecule has 2 nitrogen and oxygen atoms in total. The summed E-state index contributed by atoms with van der Waals surface area (Å²) < 4.78 is 2.16. The number of rotatable bonds is 3. The summed E-state index contributed by atoms with van der Waals surface area (Å²) in [5.74, 6) is 0.882. The zero-order chi connectivity index (χ0) is 28.0. The Morgan fingerprint density at radius 3 is 1.86 bits per heavy atom. The molecule has 0 fully saturated rings. The molecule has 0 atom stereocenters. The van der Waals surface area contributed by atoms with Crippen molar-refractivity contribution in [3.63, 3.8) is 0 Å². The second kappa shape index (κ2) is 10.1. The van der Waals surface area contributed by atoms with Gasteiger partial charge in [-0.05, 0) is 91.2 Å². The normalized spacial score (nSPS) is 14.3. The molecule has 2 aliphatic heterocycles. The topological polar surface area (TPSA) is 15.6 Å². The third kappa shape index (κ3) is 4.09. The number of aliphatic imine (C=N–C) groups is 1. The Kier molecular flexibility index (Phi) is 5.90. The van der Waals surface area contributed by atoms with Gasteiger partial charge in [0.05, 0.1) is 5.70 Å². The van der Waals surface area contributed by atoms with Crippen molar-refractivity contribution in [1.82, 2.24) is 4.31 Å². The number of fused-ring (bicyclic) bond motifs is 4. The average molecular weight is 555 g/mol. The average Bonchev–Trinajstić information content (AvgIpc) is 3.19. The molecule has 0 aromatic heterocycles. The van der Waals surface area contributed by atoms with Gasteiger partial charge in [-0.3, -0.25) is 4.31 Å². The highest BCUT2D eigenvalue weighted by atomic mass is 32.2. The van der Waals surface area contributed by atoms with Crippen molar-refractivity contribution in [2.75, 3.05) is 0 Å². The summed E-state index contributed by atoms with van der Waals surface area (Å²) in [6.45, 7) is 4.23. The van der Waals surface area contributed by atoms with E-state index in [1.807, 2.05) is 6.07 Å². The predicted molar refractivity (Wildman–Crippen MR) is 180 cm³/mol. The Morgan fingerprint density at radius 1 is 0.548 bits per heavy atom. The van der Waals surface area contributed by atoms with E-state index in [0.29, 0.717) is 0 Å². The summed E-state index contributed by atoms with van der Waals surface area (Å²) >= 11 is 1.68. The van der Waals surface area contributed by atoms with Gasteiger partial charge in [0, 0.05) is 16.7 Å². The van der Waals surface area contributed by atoms with E-state index in [-0.39, 0.29) is 0 Å². The standard InChI is InChI=1S/C39H26N2S/c1-26-31-16-10-11-19-36(31)42-41-25-30(21-23-37(41)40-26)29-20-22-34-35(24-29)39(28-14-6-3-7-15-28)33-18-9-8-17-32(33)38(34)27-12-4-2-5-13-27/h2-25H,1H2. The van der Waals surface area contributed by atoms with Crippen molar-refractivity contribution in [2.45, 2.75) is 4.90 Å². The monoisotopic (exact) mass is 554 g/mol. The number of nitrogens with zero attached hydrogens (tertiary/aromatic N) is 2. The highest BCUT2D eigenvalue weighted by Crippen LogP contribution is 2.45. The highest BCUT2D eigenvalue weighted by Gasteiger charge is 2.22. The summed E-state index contributed by atoms with van der Waals surface area (Å²) in [5.41, 5.74) is 9.15. The summed E-state index contributed by atoms with van der Waals surface area (Å²) in [4.78, 5) is 6.00. The molecular formula is C39H26N2S. The molecule has 6 aromatic rings. The molecule has 0 saturated carbocycles. The molecule has 198 valence electrons. The molecule has 2 aliphatic rings. The molecule has 0 unspecified atom stereocenters. The highest BCUT2D eigenvalue weighted by molar-refractivity contribution is 7.97. The van der Waals surface area contributed by atoms with Crippen LogP contribution in [-0.2, 0) is 0 Å². The third-order valence-electron chi connectivity index (χ3n) is 8.02. The Labute approximate surface area is 249 Å². The van der Waals surface area contributed by atoms with Crippen LogP contribution >= 0.6 is 11.9 Å². The zero-order valence-corrected chi connectivity index (χ0v) is 23.7. The first-order chi connectivity index (χ1) is 20.7. The van der Waals surface area contributed by atoms with Crippen LogP contribution in [-0.4, -0.2) is 10.1 Å². The number of hydrogen-bond donors (Lipinski definition) is 0. The van der Waals surface area contributed by atoms with E-state index in [4.69, 9.17) is 4.99 Å². The fraction of sp³-hybridized carbons (Fsp3) is 0. The first-order valence-corrected chi connectivity index (χ1v) is 14.9. The van der Waals surface area contributed by atoms with Crippen molar-refractivity contribution in [2.24, 2.45) is 4.99 Å². The van der Waals surface area contributed by atoms with Gasteiger partial charge in [0.15, 0.2) is 0 Å². The van der Waals surface area contributed by atoms with Gasteiger partial charge in [-0.15, -0.1) is 0 Å². The maximum Gasteiger partial charge on any atom is 0.143 e. The van der Waals surface area contributed by atoms with E-state index in [9.17, 15) is 0 Å². The van der Waals surface area contributed by atoms with E-state index in [1.165, 1.54) is 49.4 Å². The maximum absolute atomic E-state index is 4.85. The zero-order valence-electron chi connectivity index (χ0n) is 22.9. The minimum absolute atomic E-state index is 0.788. The molecule has 0 saturated heterocycles. The van der Waals surface area contributed by atoms with Crippen LogP contribution in [0.5, 0.6) is 0 Å². The van der Waals surface area contributed by atoms with Crippen LogP contribution in [0.1, 0.15) is 11.1 Å². The first-order valence-electron chi connectivity index (χ1n) is 14.1. The molecule has 0 aliphatic carbocycles. The summed E-state index contributed by atoms with van der Waals surface area (Å²) in [5, 5.41) is 5.01. The number of hydrogen-bond acceptors (Lipinski definition) is 3. The Morgan fingerprint density at radius 2 is 1.14 bits per heavy atom. The van der Waals surface area contributed by atoms with Gasteiger partial charge in [-0.2, -0.15) is 0 Å². The Bertz CT molecular complexity index is 2120. The lowest BCUT2D eigenvalue weighted by Crippen LogP contribution is -2.18. The van der Waals surface area contributed by atoms with Gasteiger partial charge in [-0.25, -0.2) is 4.99 Å². The van der Waals surface area contributed by atoms with Crippen LogP contribution in [0.4, 0.5) is 0 Å². The molecular weight excluding hydrogens is 529 g/mol. The van der Waals surface area contributed by atoms with Crippen LogP contribution in [0.15, 0.2) is 162 Å². The fourth-order valence-corrected chi connectivity index (χ4v) is 7.08. The summed E-state index contributed by atoms with van der Waals surface area (Å²) in [6.07, 6.45) is 6.46.